The van der Waals surface area contributed by atoms with Crippen LogP contribution in [0.3, 0.4) is 0 Å². The van der Waals surface area contributed by atoms with Crippen LogP contribution in [-0.4, -0.2) is 33.8 Å². The Morgan fingerprint density at radius 3 is 2.80 bits per heavy atom. The fourth-order valence-electron chi connectivity index (χ4n) is 1.51. The van der Waals surface area contributed by atoms with Crippen LogP contribution < -0.4 is 5.32 Å². The molecule has 15 heavy (non-hydrogen) atoms. The van der Waals surface area contributed by atoms with Crippen LogP contribution in [0.5, 0.6) is 0 Å². The Balaban J connectivity index is 2.40. The van der Waals surface area contributed by atoms with Gasteiger partial charge in [0.2, 0.25) is 0 Å². The number of aromatic nitrogens is 1. The van der Waals surface area contributed by atoms with Crippen LogP contribution >= 0.6 is 11.8 Å². The molecule has 0 radical (unpaired) electrons. The normalized spacial score (nSPS) is 15.2. The van der Waals surface area contributed by atoms with E-state index in [2.05, 4.69) is 22.9 Å². The van der Waals surface area contributed by atoms with Crippen molar-refractivity contribution < 1.29 is 5.11 Å². The number of hydrogen-bond donors (Lipinski definition) is 2. The zero-order chi connectivity index (χ0) is 11.3. The van der Waals surface area contributed by atoms with Crippen LogP contribution in [0.4, 0.5) is 0 Å². The lowest BCUT2D eigenvalue weighted by Crippen LogP contribution is -2.37. The van der Waals surface area contributed by atoms with E-state index in [9.17, 15) is 0 Å². The smallest absolute Gasteiger partial charge is 0.0564 e. The summed E-state index contributed by atoms with van der Waals surface area (Å²) in [5.41, 5.74) is 1.26. The highest BCUT2D eigenvalue weighted by Crippen LogP contribution is 2.11. The Kier molecular flexibility index (Phi) is 5.22. The minimum absolute atomic E-state index is 0.225. The van der Waals surface area contributed by atoms with Crippen molar-refractivity contribution in [3.8, 4) is 0 Å². The van der Waals surface area contributed by atoms with Gasteiger partial charge in [-0.3, -0.25) is 0 Å². The molecule has 0 aliphatic rings. The SMILES string of the molecule is CSC(CO)C(C)NCc1cccn1C. The Labute approximate surface area is 95.9 Å². The van der Waals surface area contributed by atoms with Gasteiger partial charge in [-0.25, -0.2) is 0 Å². The predicted molar refractivity (Wildman–Crippen MR) is 66.1 cm³/mol. The number of aliphatic hydroxyl groups is 1. The second-order valence-corrected chi connectivity index (χ2v) is 4.81. The van der Waals surface area contributed by atoms with E-state index in [-0.39, 0.29) is 11.9 Å². The summed E-state index contributed by atoms with van der Waals surface area (Å²) in [6, 6.07) is 4.46. The van der Waals surface area contributed by atoms with Crippen molar-refractivity contribution in [1.82, 2.24) is 9.88 Å². The average Bonchev–Trinajstić information content (AvgIpc) is 2.63. The molecule has 3 nitrogen and oxygen atoms in total. The van der Waals surface area contributed by atoms with Gasteiger partial charge >= 0.3 is 0 Å². The summed E-state index contributed by atoms with van der Waals surface area (Å²) >= 11 is 1.70. The third-order valence-corrected chi connectivity index (χ3v) is 3.86. The topological polar surface area (TPSA) is 37.2 Å². The number of aliphatic hydroxyl groups excluding tert-OH is 1. The second-order valence-electron chi connectivity index (χ2n) is 3.74. The predicted octanol–water partition coefficient (Wildman–Crippen LogP) is 1.23. The van der Waals surface area contributed by atoms with Crippen molar-refractivity contribution in [2.24, 2.45) is 7.05 Å². The molecule has 0 fully saturated rings. The van der Waals surface area contributed by atoms with Gasteiger partial charge in [0.05, 0.1) is 6.61 Å². The average molecular weight is 228 g/mol. The molecule has 4 heteroatoms. The molecule has 0 bridgehead atoms. The maximum absolute atomic E-state index is 9.14. The van der Waals surface area contributed by atoms with Gasteiger partial charge in [0.15, 0.2) is 0 Å². The van der Waals surface area contributed by atoms with Gasteiger partial charge in [-0.2, -0.15) is 11.8 Å². The Bertz CT molecular complexity index is 284. The van der Waals surface area contributed by atoms with E-state index in [0.717, 1.165) is 6.54 Å². The molecular weight excluding hydrogens is 208 g/mol. The van der Waals surface area contributed by atoms with Crippen molar-refractivity contribution in [2.75, 3.05) is 12.9 Å². The summed E-state index contributed by atoms with van der Waals surface area (Å²) in [5, 5.41) is 12.8. The lowest BCUT2D eigenvalue weighted by molar-refractivity contribution is 0.275. The first-order chi connectivity index (χ1) is 7.19. The molecule has 1 rings (SSSR count). The third-order valence-electron chi connectivity index (χ3n) is 2.70. The minimum Gasteiger partial charge on any atom is -0.395 e. The quantitative estimate of drug-likeness (QED) is 0.769. The van der Waals surface area contributed by atoms with Gasteiger partial charge in [0, 0.05) is 36.8 Å². The lowest BCUT2D eigenvalue weighted by atomic mass is 10.2. The number of hydrogen-bond acceptors (Lipinski definition) is 3. The number of thioether (sulfide) groups is 1. The summed E-state index contributed by atoms with van der Waals surface area (Å²) in [5.74, 6) is 0. The standard InChI is InChI=1S/C11H20N2OS/c1-9(11(8-14)15-3)12-7-10-5-4-6-13(10)2/h4-6,9,11-12,14H,7-8H2,1-3H3. The van der Waals surface area contributed by atoms with E-state index in [4.69, 9.17) is 5.11 Å². The molecule has 2 unspecified atom stereocenters. The molecule has 2 N–H and O–H groups in total. The summed E-state index contributed by atoms with van der Waals surface area (Å²) < 4.78 is 2.10. The Morgan fingerprint density at radius 2 is 2.33 bits per heavy atom. The highest BCUT2D eigenvalue weighted by molar-refractivity contribution is 7.99. The Morgan fingerprint density at radius 1 is 1.60 bits per heavy atom. The van der Waals surface area contributed by atoms with Crippen LogP contribution in [0.15, 0.2) is 18.3 Å². The molecule has 1 heterocycles. The van der Waals surface area contributed by atoms with E-state index < -0.39 is 0 Å². The van der Waals surface area contributed by atoms with Crippen molar-refractivity contribution in [3.05, 3.63) is 24.0 Å². The summed E-state index contributed by atoms with van der Waals surface area (Å²) in [4.78, 5) is 0. The zero-order valence-corrected chi connectivity index (χ0v) is 10.4. The third kappa shape index (κ3) is 3.55. The van der Waals surface area contributed by atoms with Gasteiger partial charge in [-0.1, -0.05) is 0 Å². The zero-order valence-electron chi connectivity index (χ0n) is 9.60. The molecule has 0 aromatic carbocycles. The number of rotatable bonds is 6. The first-order valence-electron chi connectivity index (χ1n) is 5.16. The van der Waals surface area contributed by atoms with Crippen molar-refractivity contribution in [3.63, 3.8) is 0 Å². The summed E-state index contributed by atoms with van der Waals surface area (Å²) in [6.45, 7) is 3.19. The second kappa shape index (κ2) is 6.20. The van der Waals surface area contributed by atoms with E-state index in [1.807, 2.05) is 25.6 Å². The minimum atomic E-state index is 0.225. The van der Waals surface area contributed by atoms with Gasteiger partial charge < -0.3 is 15.0 Å². The van der Waals surface area contributed by atoms with Crippen LogP contribution in [-0.2, 0) is 13.6 Å². The van der Waals surface area contributed by atoms with Gasteiger partial charge in [-0.15, -0.1) is 0 Å². The fraction of sp³-hybridized carbons (Fsp3) is 0.636. The van der Waals surface area contributed by atoms with E-state index in [0.29, 0.717) is 6.04 Å². The van der Waals surface area contributed by atoms with Gasteiger partial charge in [0.25, 0.3) is 0 Å². The monoisotopic (exact) mass is 228 g/mol. The summed E-state index contributed by atoms with van der Waals surface area (Å²) in [6.07, 6.45) is 4.07. The van der Waals surface area contributed by atoms with Crippen LogP contribution in [0.25, 0.3) is 0 Å². The molecule has 1 aromatic heterocycles. The van der Waals surface area contributed by atoms with Gasteiger partial charge in [0.1, 0.15) is 0 Å². The number of nitrogens with one attached hydrogen (secondary N) is 1. The van der Waals surface area contributed by atoms with E-state index in [1.165, 1.54) is 5.69 Å². The molecule has 2 atom stereocenters. The van der Waals surface area contributed by atoms with Crippen molar-refractivity contribution in [2.45, 2.75) is 24.8 Å². The number of nitrogens with zero attached hydrogens (tertiary/aromatic N) is 1. The maximum atomic E-state index is 9.14. The molecule has 0 saturated carbocycles. The molecule has 1 aromatic rings. The van der Waals surface area contributed by atoms with Crippen molar-refractivity contribution in [1.29, 1.82) is 0 Å². The molecule has 0 aliphatic carbocycles. The highest BCUT2D eigenvalue weighted by Gasteiger charge is 2.14. The molecule has 0 amide bonds. The van der Waals surface area contributed by atoms with Crippen LogP contribution in [0.2, 0.25) is 0 Å². The largest absolute Gasteiger partial charge is 0.395 e. The molecule has 0 spiro atoms. The first-order valence-corrected chi connectivity index (χ1v) is 6.45. The van der Waals surface area contributed by atoms with Crippen LogP contribution in [0.1, 0.15) is 12.6 Å². The number of aryl methyl sites for hydroxylation is 1. The molecule has 0 saturated heterocycles. The van der Waals surface area contributed by atoms with E-state index >= 15 is 0 Å². The molecular formula is C11H20N2OS. The van der Waals surface area contributed by atoms with Gasteiger partial charge in [-0.05, 0) is 25.3 Å². The highest BCUT2D eigenvalue weighted by atomic mass is 32.2. The summed E-state index contributed by atoms with van der Waals surface area (Å²) in [7, 11) is 2.04. The van der Waals surface area contributed by atoms with Crippen molar-refractivity contribution >= 4 is 11.8 Å². The first kappa shape index (κ1) is 12.6. The Hall–Kier alpha value is -0.450. The van der Waals surface area contributed by atoms with E-state index in [1.54, 1.807) is 11.8 Å². The fourth-order valence-corrected chi connectivity index (χ4v) is 2.17. The maximum Gasteiger partial charge on any atom is 0.0564 e. The molecule has 86 valence electrons. The van der Waals surface area contributed by atoms with Crippen LogP contribution in [0, 0.1) is 0 Å². The molecule has 0 aliphatic heterocycles. The lowest BCUT2D eigenvalue weighted by Gasteiger charge is -2.21.